The van der Waals surface area contributed by atoms with Crippen LogP contribution in [0.15, 0.2) is 0 Å². The fraction of sp³-hybridized carbons (Fsp3) is 0.750. The number of rotatable bonds is 0. The second kappa shape index (κ2) is 2.95. The number of alkyl halides is 3. The van der Waals surface area contributed by atoms with Gasteiger partial charge in [-0.1, -0.05) is 34.8 Å². The van der Waals surface area contributed by atoms with Gasteiger partial charge < -0.3 is 0 Å². The highest BCUT2D eigenvalue weighted by molar-refractivity contribution is 6.76. The van der Waals surface area contributed by atoms with Gasteiger partial charge in [0.05, 0.1) is 14.1 Å². The summed E-state index contributed by atoms with van der Waals surface area (Å²) in [7, 11) is 3.41. The Labute approximate surface area is 69.2 Å². The fourth-order valence-electron chi connectivity index (χ4n) is 0.254. The first kappa shape index (κ1) is 9.34. The first-order valence-electron chi connectivity index (χ1n) is 2.22. The molecular formula is C4H8Cl3N2+. The molecule has 5 heteroatoms. The maximum absolute atomic E-state index is 5.41. The highest BCUT2D eigenvalue weighted by Crippen LogP contribution is 2.25. The first-order chi connectivity index (χ1) is 3.85. The van der Waals surface area contributed by atoms with Gasteiger partial charge in [0.2, 0.25) is 0 Å². The number of nitrogens with zero attached hydrogens (tertiary/aromatic N) is 1. The highest BCUT2D eigenvalue weighted by atomic mass is 35.6. The minimum absolute atomic E-state index is 0.215. The monoisotopic (exact) mass is 189 g/mol. The van der Waals surface area contributed by atoms with E-state index in [1.165, 1.54) is 0 Å². The van der Waals surface area contributed by atoms with Crippen molar-refractivity contribution in [2.24, 2.45) is 5.73 Å². The van der Waals surface area contributed by atoms with E-state index in [1.54, 1.807) is 18.7 Å². The zero-order valence-corrected chi connectivity index (χ0v) is 7.43. The summed E-state index contributed by atoms with van der Waals surface area (Å²) >= 11 is 16.2. The summed E-state index contributed by atoms with van der Waals surface area (Å²) in [5.41, 5.74) is 5.34. The van der Waals surface area contributed by atoms with Crippen molar-refractivity contribution in [1.29, 1.82) is 0 Å². The lowest BCUT2D eigenvalue weighted by Crippen LogP contribution is -2.35. The SMILES string of the molecule is C[N+](C)=C(N)C(Cl)(Cl)Cl. The molecule has 0 spiro atoms. The summed E-state index contributed by atoms with van der Waals surface area (Å²) in [6.45, 7) is 0. The van der Waals surface area contributed by atoms with E-state index in [2.05, 4.69) is 0 Å². The van der Waals surface area contributed by atoms with Gasteiger partial charge in [-0.05, 0) is 0 Å². The molecule has 0 bridgehead atoms. The van der Waals surface area contributed by atoms with Crippen molar-refractivity contribution in [1.82, 2.24) is 0 Å². The highest BCUT2D eigenvalue weighted by Gasteiger charge is 2.31. The normalized spacial score (nSPS) is 11.2. The van der Waals surface area contributed by atoms with Crippen LogP contribution >= 0.6 is 34.8 Å². The summed E-state index contributed by atoms with van der Waals surface area (Å²) in [5, 5.41) is 0. The lowest BCUT2D eigenvalue weighted by Gasteiger charge is -2.05. The molecule has 0 rings (SSSR count). The zero-order chi connectivity index (χ0) is 7.65. The predicted molar refractivity (Wildman–Crippen MR) is 41.6 cm³/mol. The third kappa shape index (κ3) is 3.14. The lowest BCUT2D eigenvalue weighted by atomic mass is 10.6. The lowest BCUT2D eigenvalue weighted by molar-refractivity contribution is -0.466. The Balaban J connectivity index is 4.40. The topological polar surface area (TPSA) is 29.0 Å². The molecule has 0 saturated heterocycles. The van der Waals surface area contributed by atoms with Gasteiger partial charge in [0.1, 0.15) is 0 Å². The van der Waals surface area contributed by atoms with Crippen LogP contribution in [0.4, 0.5) is 0 Å². The molecule has 0 fully saturated rings. The van der Waals surface area contributed by atoms with Crippen LogP contribution in [0.5, 0.6) is 0 Å². The Morgan fingerprint density at radius 3 is 1.67 bits per heavy atom. The summed E-state index contributed by atoms with van der Waals surface area (Å²) in [4.78, 5) is 0. The van der Waals surface area contributed by atoms with Crippen molar-refractivity contribution in [3.05, 3.63) is 0 Å². The molecular weight excluding hydrogens is 182 g/mol. The molecule has 0 aliphatic rings. The van der Waals surface area contributed by atoms with E-state index in [-0.39, 0.29) is 5.84 Å². The van der Waals surface area contributed by atoms with Crippen molar-refractivity contribution in [3.63, 3.8) is 0 Å². The van der Waals surface area contributed by atoms with Gasteiger partial charge in [0.25, 0.3) is 9.63 Å². The molecule has 0 heterocycles. The van der Waals surface area contributed by atoms with E-state index in [1.807, 2.05) is 0 Å². The second-order valence-electron chi connectivity index (χ2n) is 1.78. The minimum Gasteiger partial charge on any atom is -0.287 e. The molecule has 0 aliphatic carbocycles. The molecule has 0 aliphatic heterocycles. The molecule has 0 amide bonds. The van der Waals surface area contributed by atoms with E-state index in [0.717, 1.165) is 0 Å². The summed E-state index contributed by atoms with van der Waals surface area (Å²) in [5.74, 6) is 0.215. The van der Waals surface area contributed by atoms with Gasteiger partial charge in [0, 0.05) is 0 Å². The smallest absolute Gasteiger partial charge is 0.287 e. The van der Waals surface area contributed by atoms with Crippen molar-refractivity contribution >= 4 is 40.6 Å². The summed E-state index contributed by atoms with van der Waals surface area (Å²) in [6.07, 6.45) is 0. The van der Waals surface area contributed by atoms with Crippen LogP contribution < -0.4 is 5.73 Å². The predicted octanol–water partition coefficient (Wildman–Crippen LogP) is 0.986. The molecule has 0 radical (unpaired) electrons. The number of hydrogen-bond acceptors (Lipinski definition) is 0. The largest absolute Gasteiger partial charge is 0.295 e. The number of halogens is 3. The zero-order valence-electron chi connectivity index (χ0n) is 5.16. The molecule has 54 valence electrons. The van der Waals surface area contributed by atoms with Crippen molar-refractivity contribution in [2.45, 2.75) is 3.79 Å². The average Bonchev–Trinajstić information content (AvgIpc) is 1.62. The van der Waals surface area contributed by atoms with E-state index in [4.69, 9.17) is 40.5 Å². The Morgan fingerprint density at radius 1 is 1.33 bits per heavy atom. The Morgan fingerprint density at radius 2 is 1.67 bits per heavy atom. The van der Waals surface area contributed by atoms with Gasteiger partial charge in [-0.2, -0.15) is 0 Å². The van der Waals surface area contributed by atoms with E-state index < -0.39 is 3.79 Å². The molecule has 0 unspecified atom stereocenters. The van der Waals surface area contributed by atoms with Crippen molar-refractivity contribution in [3.8, 4) is 0 Å². The van der Waals surface area contributed by atoms with E-state index in [9.17, 15) is 0 Å². The molecule has 2 N–H and O–H groups in total. The molecule has 0 atom stereocenters. The summed E-state index contributed by atoms with van der Waals surface area (Å²) in [6, 6.07) is 0. The van der Waals surface area contributed by atoms with Gasteiger partial charge in [-0.25, -0.2) is 0 Å². The fourth-order valence-corrected chi connectivity index (χ4v) is 0.761. The maximum atomic E-state index is 5.41. The average molecular weight is 190 g/mol. The molecule has 0 aromatic rings. The minimum atomic E-state index is -1.48. The maximum Gasteiger partial charge on any atom is 0.295 e. The Kier molecular flexibility index (Phi) is 3.06. The summed E-state index contributed by atoms with van der Waals surface area (Å²) < 4.78 is 0.0660. The van der Waals surface area contributed by atoms with Gasteiger partial charge in [0.15, 0.2) is 0 Å². The van der Waals surface area contributed by atoms with Crippen LogP contribution in [0.1, 0.15) is 0 Å². The van der Waals surface area contributed by atoms with Crippen LogP contribution in [0.2, 0.25) is 0 Å². The van der Waals surface area contributed by atoms with Crippen molar-refractivity contribution in [2.75, 3.05) is 14.1 Å². The molecule has 0 aromatic heterocycles. The van der Waals surface area contributed by atoms with Crippen LogP contribution in [0.3, 0.4) is 0 Å². The quantitative estimate of drug-likeness (QED) is 0.262. The molecule has 0 saturated carbocycles. The number of amidine groups is 1. The molecule has 0 aromatic carbocycles. The van der Waals surface area contributed by atoms with Crippen LogP contribution in [-0.2, 0) is 0 Å². The van der Waals surface area contributed by atoms with Gasteiger partial charge >= 0.3 is 0 Å². The first-order valence-corrected chi connectivity index (χ1v) is 3.36. The van der Waals surface area contributed by atoms with Crippen LogP contribution in [0, 0.1) is 0 Å². The van der Waals surface area contributed by atoms with Crippen molar-refractivity contribution < 1.29 is 4.58 Å². The second-order valence-corrected chi connectivity index (χ2v) is 4.06. The van der Waals surface area contributed by atoms with E-state index in [0.29, 0.717) is 0 Å². The van der Waals surface area contributed by atoms with Crippen LogP contribution in [-0.4, -0.2) is 28.3 Å². The third-order valence-electron chi connectivity index (χ3n) is 0.772. The third-order valence-corrected chi connectivity index (χ3v) is 1.35. The standard InChI is InChI=1S/C4H7Cl3N2/c1-9(2)3(8)4(5,6)7/h8H,1-2H3/p+1. The number of nitrogens with two attached hydrogens (primary N) is 1. The van der Waals surface area contributed by atoms with Gasteiger partial charge in [-0.15, -0.1) is 0 Å². The molecule has 2 nitrogen and oxygen atoms in total. The number of hydrogen-bond donors (Lipinski definition) is 1. The van der Waals surface area contributed by atoms with E-state index >= 15 is 0 Å². The Bertz CT molecular complexity index is 131. The van der Waals surface area contributed by atoms with Crippen LogP contribution in [0.25, 0.3) is 0 Å². The molecule has 9 heavy (non-hydrogen) atoms. The Hall–Kier alpha value is 0.340. The van der Waals surface area contributed by atoms with Gasteiger partial charge in [-0.3, -0.25) is 10.3 Å².